The van der Waals surface area contributed by atoms with Gasteiger partial charge in [-0.25, -0.2) is 0 Å². The van der Waals surface area contributed by atoms with E-state index >= 15 is 0 Å². The summed E-state index contributed by atoms with van der Waals surface area (Å²) in [5, 5.41) is 5.98. The molecule has 0 aliphatic carbocycles. The van der Waals surface area contributed by atoms with Crippen LogP contribution in [0.1, 0.15) is 20.3 Å². The number of hydrogen-bond donors (Lipinski definition) is 2. The second-order valence-corrected chi connectivity index (χ2v) is 3.77. The van der Waals surface area contributed by atoms with Crippen LogP contribution < -0.4 is 10.6 Å². The predicted molar refractivity (Wildman–Crippen MR) is 55.1 cm³/mol. The van der Waals surface area contributed by atoms with Crippen LogP contribution in [0.25, 0.3) is 0 Å². The molecule has 2 atom stereocenters. The number of carbonyl (C=O) groups is 1. The van der Waals surface area contributed by atoms with Gasteiger partial charge in [0, 0.05) is 13.1 Å². The summed E-state index contributed by atoms with van der Waals surface area (Å²) in [6.45, 7) is 6.85. The minimum Gasteiger partial charge on any atom is -0.367 e. The predicted octanol–water partition coefficient (Wildman–Crippen LogP) is 0.137. The Kier molecular flexibility index (Phi) is 4.90. The molecule has 1 amide bonds. The van der Waals surface area contributed by atoms with E-state index in [-0.39, 0.29) is 18.6 Å². The van der Waals surface area contributed by atoms with Crippen molar-refractivity contribution in [1.82, 2.24) is 10.6 Å². The monoisotopic (exact) mass is 200 g/mol. The fourth-order valence-electron chi connectivity index (χ4n) is 1.62. The van der Waals surface area contributed by atoms with Crippen molar-refractivity contribution in [2.75, 3.05) is 26.2 Å². The zero-order chi connectivity index (χ0) is 10.4. The summed E-state index contributed by atoms with van der Waals surface area (Å²) in [7, 11) is 0. The van der Waals surface area contributed by atoms with Gasteiger partial charge < -0.3 is 15.4 Å². The average Bonchev–Trinajstić information content (AvgIpc) is 2.17. The van der Waals surface area contributed by atoms with Gasteiger partial charge >= 0.3 is 0 Å². The number of likely N-dealkylation sites (N-methyl/N-ethyl adjacent to an activating group) is 1. The number of ether oxygens (including phenoxy) is 1. The maximum atomic E-state index is 11.1. The standard InChI is InChI=1S/C10H20N2O2/c1-3-12-10(13)7-14-9-6-11-5-4-8(9)2/h8-9,11H,3-7H2,1-2H3,(H,12,13). The van der Waals surface area contributed by atoms with E-state index in [4.69, 9.17) is 4.74 Å². The molecule has 0 aromatic heterocycles. The molecule has 82 valence electrons. The summed E-state index contributed by atoms with van der Waals surface area (Å²) < 4.78 is 5.54. The molecule has 0 saturated carbocycles. The first-order valence-corrected chi connectivity index (χ1v) is 5.33. The molecule has 0 radical (unpaired) electrons. The second-order valence-electron chi connectivity index (χ2n) is 3.77. The summed E-state index contributed by atoms with van der Waals surface area (Å²) in [4.78, 5) is 11.1. The molecule has 2 N–H and O–H groups in total. The van der Waals surface area contributed by atoms with Gasteiger partial charge in [0.25, 0.3) is 0 Å². The van der Waals surface area contributed by atoms with Crippen LogP contribution in [0.3, 0.4) is 0 Å². The molecule has 1 saturated heterocycles. The van der Waals surface area contributed by atoms with Crippen molar-refractivity contribution in [2.45, 2.75) is 26.4 Å². The Labute approximate surface area is 85.4 Å². The highest BCUT2D eigenvalue weighted by atomic mass is 16.5. The molecule has 0 aromatic rings. The molecule has 1 rings (SSSR count). The number of hydrogen-bond acceptors (Lipinski definition) is 3. The van der Waals surface area contributed by atoms with Gasteiger partial charge in [0.2, 0.25) is 5.91 Å². The fourth-order valence-corrected chi connectivity index (χ4v) is 1.62. The van der Waals surface area contributed by atoms with Crippen LogP contribution in [0.5, 0.6) is 0 Å². The van der Waals surface area contributed by atoms with Crippen molar-refractivity contribution >= 4 is 5.91 Å². The first-order valence-electron chi connectivity index (χ1n) is 5.33. The molecule has 4 heteroatoms. The van der Waals surface area contributed by atoms with Crippen LogP contribution in [0.15, 0.2) is 0 Å². The molecule has 0 spiro atoms. The van der Waals surface area contributed by atoms with Crippen LogP contribution in [-0.4, -0.2) is 38.3 Å². The van der Waals surface area contributed by atoms with Crippen molar-refractivity contribution in [3.8, 4) is 0 Å². The zero-order valence-corrected chi connectivity index (χ0v) is 9.01. The minimum atomic E-state index is -0.0229. The van der Waals surface area contributed by atoms with E-state index < -0.39 is 0 Å². The van der Waals surface area contributed by atoms with Gasteiger partial charge in [0.15, 0.2) is 0 Å². The molecule has 1 fully saturated rings. The van der Waals surface area contributed by atoms with Gasteiger partial charge in [0.1, 0.15) is 6.61 Å². The summed E-state index contributed by atoms with van der Waals surface area (Å²) in [6.07, 6.45) is 1.31. The molecule has 1 aliphatic rings. The van der Waals surface area contributed by atoms with Crippen molar-refractivity contribution in [3.05, 3.63) is 0 Å². The Hall–Kier alpha value is -0.610. The highest BCUT2D eigenvalue weighted by molar-refractivity contribution is 5.77. The largest absolute Gasteiger partial charge is 0.367 e. The zero-order valence-electron chi connectivity index (χ0n) is 9.01. The van der Waals surface area contributed by atoms with Crippen LogP contribution >= 0.6 is 0 Å². The maximum absolute atomic E-state index is 11.1. The highest BCUT2D eigenvalue weighted by Gasteiger charge is 2.21. The number of rotatable bonds is 4. The van der Waals surface area contributed by atoms with E-state index in [2.05, 4.69) is 17.6 Å². The minimum absolute atomic E-state index is 0.0229. The number of carbonyl (C=O) groups excluding carboxylic acids is 1. The average molecular weight is 200 g/mol. The summed E-state index contributed by atoms with van der Waals surface area (Å²) >= 11 is 0. The normalized spacial score (nSPS) is 27.3. The van der Waals surface area contributed by atoms with E-state index in [1.54, 1.807) is 0 Å². The molecular formula is C10H20N2O2. The summed E-state index contributed by atoms with van der Waals surface area (Å²) in [5.41, 5.74) is 0. The number of nitrogens with one attached hydrogen (secondary N) is 2. The smallest absolute Gasteiger partial charge is 0.246 e. The third-order valence-electron chi connectivity index (χ3n) is 2.56. The van der Waals surface area contributed by atoms with E-state index in [1.165, 1.54) is 0 Å². The van der Waals surface area contributed by atoms with Gasteiger partial charge in [-0.05, 0) is 25.8 Å². The van der Waals surface area contributed by atoms with E-state index in [0.29, 0.717) is 12.5 Å². The van der Waals surface area contributed by atoms with Gasteiger partial charge in [-0.1, -0.05) is 6.92 Å². The van der Waals surface area contributed by atoms with Gasteiger partial charge in [0.05, 0.1) is 6.10 Å². The van der Waals surface area contributed by atoms with Crippen molar-refractivity contribution in [3.63, 3.8) is 0 Å². The first-order chi connectivity index (χ1) is 6.74. The lowest BCUT2D eigenvalue weighted by molar-refractivity contribution is -0.129. The highest BCUT2D eigenvalue weighted by Crippen LogP contribution is 2.14. The lowest BCUT2D eigenvalue weighted by Gasteiger charge is -2.29. The molecule has 0 aromatic carbocycles. The molecule has 1 heterocycles. The second kappa shape index (κ2) is 5.98. The Bertz CT molecular complexity index is 185. The Morgan fingerprint density at radius 1 is 1.64 bits per heavy atom. The van der Waals surface area contributed by atoms with Gasteiger partial charge in [-0.15, -0.1) is 0 Å². The Morgan fingerprint density at radius 3 is 3.07 bits per heavy atom. The topological polar surface area (TPSA) is 50.4 Å². The molecular weight excluding hydrogens is 180 g/mol. The quantitative estimate of drug-likeness (QED) is 0.678. The van der Waals surface area contributed by atoms with Crippen molar-refractivity contribution < 1.29 is 9.53 Å². The molecule has 0 bridgehead atoms. The fraction of sp³-hybridized carbons (Fsp3) is 0.900. The lowest BCUT2D eigenvalue weighted by Crippen LogP contribution is -2.42. The Balaban J connectivity index is 2.19. The first kappa shape index (κ1) is 11.5. The third-order valence-corrected chi connectivity index (χ3v) is 2.56. The number of piperidine rings is 1. The van der Waals surface area contributed by atoms with E-state index in [9.17, 15) is 4.79 Å². The van der Waals surface area contributed by atoms with Crippen LogP contribution in [0, 0.1) is 5.92 Å². The molecule has 14 heavy (non-hydrogen) atoms. The number of amides is 1. The SMILES string of the molecule is CCNC(=O)COC1CNCCC1C. The van der Waals surface area contributed by atoms with Crippen molar-refractivity contribution in [1.29, 1.82) is 0 Å². The summed E-state index contributed by atoms with van der Waals surface area (Å²) in [6, 6.07) is 0. The van der Waals surface area contributed by atoms with Gasteiger partial charge in [-0.3, -0.25) is 4.79 Å². The van der Waals surface area contributed by atoms with Crippen LogP contribution in [-0.2, 0) is 9.53 Å². The summed E-state index contributed by atoms with van der Waals surface area (Å²) in [5.74, 6) is 0.524. The molecule has 4 nitrogen and oxygen atoms in total. The van der Waals surface area contributed by atoms with E-state index in [0.717, 1.165) is 19.5 Å². The third kappa shape index (κ3) is 3.64. The Morgan fingerprint density at radius 2 is 2.43 bits per heavy atom. The van der Waals surface area contributed by atoms with Gasteiger partial charge in [-0.2, -0.15) is 0 Å². The molecule has 2 unspecified atom stereocenters. The lowest BCUT2D eigenvalue weighted by atomic mass is 9.97. The van der Waals surface area contributed by atoms with E-state index in [1.807, 2.05) is 6.92 Å². The van der Waals surface area contributed by atoms with Crippen LogP contribution in [0.4, 0.5) is 0 Å². The maximum Gasteiger partial charge on any atom is 0.246 e. The van der Waals surface area contributed by atoms with Crippen LogP contribution in [0.2, 0.25) is 0 Å². The van der Waals surface area contributed by atoms with Crippen molar-refractivity contribution in [2.24, 2.45) is 5.92 Å². The molecule has 1 aliphatic heterocycles.